The van der Waals surface area contributed by atoms with Crippen molar-refractivity contribution in [1.82, 2.24) is 0 Å². The minimum Gasteiger partial charge on any atom is -0.468 e. The van der Waals surface area contributed by atoms with Crippen molar-refractivity contribution in [3.8, 4) is 0 Å². The lowest BCUT2D eigenvalue weighted by Gasteiger charge is -2.29. The first kappa shape index (κ1) is 13.4. The van der Waals surface area contributed by atoms with Crippen molar-refractivity contribution in [3.63, 3.8) is 0 Å². The largest absolute Gasteiger partial charge is 0.468 e. The first-order valence-electron chi connectivity index (χ1n) is 5.71. The van der Waals surface area contributed by atoms with Gasteiger partial charge in [-0.05, 0) is 12.8 Å². The Morgan fingerprint density at radius 2 is 1.81 bits per heavy atom. The molecule has 1 atom stereocenters. The maximum Gasteiger partial charge on any atom is 0.328 e. The van der Waals surface area contributed by atoms with Crippen molar-refractivity contribution < 1.29 is 18.3 Å². The van der Waals surface area contributed by atoms with Gasteiger partial charge in [-0.1, -0.05) is 25.7 Å². The van der Waals surface area contributed by atoms with E-state index in [-0.39, 0.29) is 0 Å². The average molecular weight is 235 g/mol. The highest BCUT2D eigenvalue weighted by atomic mass is 19.3. The van der Waals surface area contributed by atoms with Gasteiger partial charge in [0.1, 0.15) is 0 Å². The summed E-state index contributed by atoms with van der Waals surface area (Å²) in [4.78, 5) is 11.1. The molecule has 1 saturated carbocycles. The molecule has 0 heterocycles. The van der Waals surface area contributed by atoms with Crippen molar-refractivity contribution in [1.29, 1.82) is 0 Å². The van der Waals surface area contributed by atoms with E-state index in [0.29, 0.717) is 12.8 Å². The van der Waals surface area contributed by atoms with Gasteiger partial charge in [0.2, 0.25) is 0 Å². The molecule has 94 valence electrons. The number of nitrogens with two attached hydrogens (primary N) is 1. The van der Waals surface area contributed by atoms with Gasteiger partial charge in [0.25, 0.3) is 5.92 Å². The summed E-state index contributed by atoms with van der Waals surface area (Å²) in [6.07, 6.45) is 4.43. The Hall–Kier alpha value is -0.710. The van der Waals surface area contributed by atoms with E-state index < -0.39 is 23.9 Å². The summed E-state index contributed by atoms with van der Waals surface area (Å²) in [5, 5.41) is 0. The van der Waals surface area contributed by atoms with Gasteiger partial charge in [-0.2, -0.15) is 0 Å². The summed E-state index contributed by atoms with van der Waals surface area (Å²) in [7, 11) is 1.07. The molecule has 1 fully saturated rings. The average Bonchev–Trinajstić information content (AvgIpc) is 2.55. The van der Waals surface area contributed by atoms with Crippen LogP contribution in [0.1, 0.15) is 38.5 Å². The van der Waals surface area contributed by atoms with E-state index in [9.17, 15) is 13.6 Å². The Labute approximate surface area is 94.3 Å². The molecule has 16 heavy (non-hydrogen) atoms. The van der Waals surface area contributed by atoms with Gasteiger partial charge in [-0.3, -0.25) is 4.79 Å². The minimum atomic E-state index is -3.16. The number of alkyl halides is 2. The van der Waals surface area contributed by atoms with Crippen LogP contribution in [0.25, 0.3) is 0 Å². The molecule has 5 heteroatoms. The zero-order valence-electron chi connectivity index (χ0n) is 9.55. The lowest BCUT2D eigenvalue weighted by Crippen LogP contribution is -2.51. The number of rotatable bonds is 3. The Bertz CT molecular complexity index is 238. The van der Waals surface area contributed by atoms with Gasteiger partial charge >= 0.3 is 5.97 Å². The van der Waals surface area contributed by atoms with Crippen LogP contribution in [0.2, 0.25) is 0 Å². The Balaban J connectivity index is 2.69. The van der Waals surface area contributed by atoms with Gasteiger partial charge in [-0.15, -0.1) is 0 Å². The first-order valence-corrected chi connectivity index (χ1v) is 5.71. The molecule has 3 nitrogen and oxygen atoms in total. The van der Waals surface area contributed by atoms with Crippen LogP contribution in [0.15, 0.2) is 0 Å². The molecule has 0 aliphatic heterocycles. The van der Waals surface area contributed by atoms with Crippen molar-refractivity contribution in [2.24, 2.45) is 11.7 Å². The number of methoxy groups -OCH3 is 1. The van der Waals surface area contributed by atoms with Crippen LogP contribution in [0.5, 0.6) is 0 Å². The van der Waals surface area contributed by atoms with Crippen molar-refractivity contribution in [2.75, 3.05) is 7.11 Å². The van der Waals surface area contributed by atoms with Gasteiger partial charge in [0.05, 0.1) is 7.11 Å². The summed E-state index contributed by atoms with van der Waals surface area (Å²) in [5.74, 6) is -4.98. The molecule has 0 aromatic rings. The number of carbonyl (C=O) groups is 1. The minimum absolute atomic E-state index is 0.442. The number of ether oxygens (including phenoxy) is 1. The molecule has 1 unspecified atom stereocenters. The quantitative estimate of drug-likeness (QED) is 0.602. The van der Waals surface area contributed by atoms with Gasteiger partial charge < -0.3 is 10.5 Å². The highest BCUT2D eigenvalue weighted by Gasteiger charge is 2.48. The summed E-state index contributed by atoms with van der Waals surface area (Å²) < 4.78 is 32.1. The Morgan fingerprint density at radius 3 is 2.25 bits per heavy atom. The summed E-state index contributed by atoms with van der Waals surface area (Å²) in [6.45, 7) is 0. The molecule has 0 amide bonds. The van der Waals surface area contributed by atoms with Crippen LogP contribution in [0.3, 0.4) is 0 Å². The highest BCUT2D eigenvalue weighted by Crippen LogP contribution is 2.37. The van der Waals surface area contributed by atoms with Gasteiger partial charge in [-0.25, -0.2) is 8.78 Å². The summed E-state index contributed by atoms with van der Waals surface area (Å²) in [6, 6.07) is -1.83. The maximum absolute atomic E-state index is 13.9. The van der Waals surface area contributed by atoms with E-state index in [4.69, 9.17) is 5.73 Å². The zero-order valence-corrected chi connectivity index (χ0v) is 9.55. The van der Waals surface area contributed by atoms with Crippen LogP contribution >= 0.6 is 0 Å². The smallest absolute Gasteiger partial charge is 0.328 e. The van der Waals surface area contributed by atoms with Crippen molar-refractivity contribution >= 4 is 5.97 Å². The van der Waals surface area contributed by atoms with Crippen LogP contribution < -0.4 is 5.73 Å². The van der Waals surface area contributed by atoms with Crippen molar-refractivity contribution in [2.45, 2.75) is 50.5 Å². The first-order chi connectivity index (χ1) is 7.50. The second kappa shape index (κ2) is 5.57. The second-order valence-electron chi connectivity index (χ2n) is 4.36. The Kier molecular flexibility index (Phi) is 4.65. The number of halogens is 2. The highest BCUT2D eigenvalue weighted by molar-refractivity contribution is 5.76. The molecule has 0 radical (unpaired) electrons. The molecule has 0 aromatic carbocycles. The van der Waals surface area contributed by atoms with E-state index in [1.807, 2.05) is 0 Å². The molecule has 1 aliphatic rings. The van der Waals surface area contributed by atoms with E-state index >= 15 is 0 Å². The van der Waals surface area contributed by atoms with E-state index in [1.165, 1.54) is 0 Å². The van der Waals surface area contributed by atoms with Crippen LogP contribution in [0, 0.1) is 5.92 Å². The summed E-state index contributed by atoms with van der Waals surface area (Å²) >= 11 is 0. The zero-order chi connectivity index (χ0) is 12.2. The molecule has 0 spiro atoms. The van der Waals surface area contributed by atoms with Crippen LogP contribution in [-0.2, 0) is 9.53 Å². The molecule has 1 rings (SSSR count). The van der Waals surface area contributed by atoms with Gasteiger partial charge in [0.15, 0.2) is 6.04 Å². The topological polar surface area (TPSA) is 52.3 Å². The normalized spacial score (nSPS) is 21.2. The lowest BCUT2D eigenvalue weighted by atomic mass is 9.88. The molecule has 0 aromatic heterocycles. The van der Waals surface area contributed by atoms with E-state index in [0.717, 1.165) is 32.8 Å². The monoisotopic (exact) mass is 235 g/mol. The predicted molar refractivity (Wildman–Crippen MR) is 56.1 cm³/mol. The Morgan fingerprint density at radius 1 is 1.31 bits per heavy atom. The number of esters is 1. The number of carbonyl (C=O) groups excluding carboxylic acids is 1. The van der Waals surface area contributed by atoms with E-state index in [2.05, 4.69) is 4.74 Å². The fourth-order valence-corrected chi connectivity index (χ4v) is 2.20. The third-order valence-corrected chi connectivity index (χ3v) is 3.27. The standard InChI is InChI=1S/C11H19F2NO2/c1-16-10(15)9(14)11(12,13)8-6-4-2-3-5-7-8/h8-9H,2-7,14H2,1H3. The molecule has 1 aliphatic carbocycles. The SMILES string of the molecule is COC(=O)C(N)C(F)(F)C1CCCCCC1. The lowest BCUT2D eigenvalue weighted by molar-refractivity contribution is -0.158. The van der Waals surface area contributed by atoms with Crippen molar-refractivity contribution in [3.05, 3.63) is 0 Å². The summed E-state index contributed by atoms with van der Waals surface area (Å²) in [5.41, 5.74) is 5.26. The second-order valence-corrected chi connectivity index (χ2v) is 4.36. The molecular weight excluding hydrogens is 216 g/mol. The third-order valence-electron chi connectivity index (χ3n) is 3.27. The van der Waals surface area contributed by atoms with Gasteiger partial charge in [0, 0.05) is 5.92 Å². The number of hydrogen-bond acceptors (Lipinski definition) is 3. The fourth-order valence-electron chi connectivity index (χ4n) is 2.20. The number of hydrogen-bond donors (Lipinski definition) is 1. The predicted octanol–water partition coefficient (Wildman–Crippen LogP) is 2.09. The van der Waals surface area contributed by atoms with E-state index in [1.54, 1.807) is 0 Å². The molecule has 0 saturated heterocycles. The molecule has 0 bridgehead atoms. The molecular formula is C11H19F2NO2. The van der Waals surface area contributed by atoms with Crippen LogP contribution in [0.4, 0.5) is 8.78 Å². The van der Waals surface area contributed by atoms with Crippen LogP contribution in [-0.4, -0.2) is 25.0 Å². The third kappa shape index (κ3) is 2.90. The molecule has 2 N–H and O–H groups in total. The maximum atomic E-state index is 13.9. The fraction of sp³-hybridized carbons (Fsp3) is 0.909.